The molecule has 0 aromatic heterocycles. The first-order valence-electron chi connectivity index (χ1n) is 8.91. The van der Waals surface area contributed by atoms with Crippen molar-refractivity contribution in [2.24, 2.45) is 17.6 Å². The summed E-state index contributed by atoms with van der Waals surface area (Å²) in [5.41, 5.74) is 5.81. The lowest BCUT2D eigenvalue weighted by atomic mass is 9.83. The molecule has 7 nitrogen and oxygen atoms in total. The summed E-state index contributed by atoms with van der Waals surface area (Å²) < 4.78 is 0. The van der Waals surface area contributed by atoms with Crippen molar-refractivity contribution in [2.75, 3.05) is 13.1 Å². The Labute approximate surface area is 152 Å². The van der Waals surface area contributed by atoms with Crippen LogP contribution in [-0.2, 0) is 9.59 Å². The molecule has 2 fully saturated rings. The molecule has 6 atom stereocenters. The molecular formula is C17H27N3O4S. The summed E-state index contributed by atoms with van der Waals surface area (Å²) in [7, 11) is 0. The fourth-order valence-corrected chi connectivity index (χ4v) is 5.65. The van der Waals surface area contributed by atoms with Gasteiger partial charge in [0, 0.05) is 29.2 Å². The second kappa shape index (κ2) is 7.26. The van der Waals surface area contributed by atoms with E-state index in [1.807, 2.05) is 0 Å². The Morgan fingerprint density at radius 1 is 1.48 bits per heavy atom. The quantitative estimate of drug-likeness (QED) is 0.478. The SMILES string of the molecule is CC(CN)C[C@@H]1C[C@H](SC2=C(C(=O)O)N3C(=O)[C@H]([C@@H](C)O)[C@H]3C2)CN1. The zero-order chi connectivity index (χ0) is 18.3. The van der Waals surface area contributed by atoms with Gasteiger partial charge in [-0.2, -0.15) is 0 Å². The number of carbonyl (C=O) groups excluding carboxylic acids is 1. The molecule has 0 saturated carbocycles. The molecule has 0 spiro atoms. The van der Waals surface area contributed by atoms with Crippen molar-refractivity contribution in [1.29, 1.82) is 0 Å². The van der Waals surface area contributed by atoms with Crippen LogP contribution >= 0.6 is 11.8 Å². The van der Waals surface area contributed by atoms with Crippen LogP contribution in [0.3, 0.4) is 0 Å². The standard InChI is InChI=1S/C17H27N3O4S/c1-8(6-18)3-10-4-11(7-19-10)25-13-5-12-14(9(2)21)16(22)20(12)15(13)17(23)24/h8-12,14,19,21H,3-7,18H2,1-2H3,(H,23,24)/t8?,9-,10-,11+,12-,14-/m1/s1. The van der Waals surface area contributed by atoms with Gasteiger partial charge in [-0.25, -0.2) is 4.79 Å². The first kappa shape index (κ1) is 18.7. The third-order valence-corrected chi connectivity index (χ3v) is 6.81. The highest BCUT2D eigenvalue weighted by atomic mass is 32.2. The molecule has 5 N–H and O–H groups in total. The number of carboxylic acid groups (broad SMARTS) is 1. The van der Waals surface area contributed by atoms with Gasteiger partial charge in [-0.3, -0.25) is 4.79 Å². The van der Waals surface area contributed by atoms with E-state index in [0.29, 0.717) is 30.2 Å². The lowest BCUT2D eigenvalue weighted by Gasteiger charge is -2.44. The van der Waals surface area contributed by atoms with Crippen LogP contribution in [0, 0.1) is 11.8 Å². The average molecular weight is 369 g/mol. The van der Waals surface area contributed by atoms with Crippen LogP contribution < -0.4 is 11.1 Å². The molecule has 3 aliphatic rings. The van der Waals surface area contributed by atoms with E-state index >= 15 is 0 Å². The molecule has 2 saturated heterocycles. The number of nitrogens with one attached hydrogen (secondary N) is 1. The monoisotopic (exact) mass is 369 g/mol. The Balaban J connectivity index is 1.66. The maximum Gasteiger partial charge on any atom is 0.353 e. The first-order valence-corrected chi connectivity index (χ1v) is 9.79. The summed E-state index contributed by atoms with van der Waals surface area (Å²) in [6.07, 6.45) is 1.79. The van der Waals surface area contributed by atoms with Crippen LogP contribution in [0.5, 0.6) is 0 Å². The van der Waals surface area contributed by atoms with Crippen LogP contribution in [0.25, 0.3) is 0 Å². The smallest absolute Gasteiger partial charge is 0.353 e. The van der Waals surface area contributed by atoms with E-state index in [2.05, 4.69) is 12.2 Å². The summed E-state index contributed by atoms with van der Waals surface area (Å²) in [5.74, 6) is -1.34. The highest BCUT2D eigenvalue weighted by Crippen LogP contribution is 2.48. The minimum atomic E-state index is -1.05. The predicted molar refractivity (Wildman–Crippen MR) is 95.7 cm³/mol. The molecule has 0 bridgehead atoms. The van der Waals surface area contributed by atoms with Crippen LogP contribution in [0.2, 0.25) is 0 Å². The number of aliphatic hydroxyl groups is 1. The first-order chi connectivity index (χ1) is 11.8. The Hall–Kier alpha value is -1.09. The van der Waals surface area contributed by atoms with E-state index in [9.17, 15) is 19.8 Å². The maximum atomic E-state index is 12.2. The van der Waals surface area contributed by atoms with Gasteiger partial charge in [-0.15, -0.1) is 11.8 Å². The van der Waals surface area contributed by atoms with Crippen LogP contribution in [0.15, 0.2) is 10.6 Å². The van der Waals surface area contributed by atoms with Gasteiger partial charge < -0.3 is 26.2 Å². The van der Waals surface area contributed by atoms with E-state index in [0.717, 1.165) is 24.3 Å². The maximum absolute atomic E-state index is 12.2. The molecule has 3 aliphatic heterocycles. The second-order valence-electron chi connectivity index (χ2n) is 7.48. The molecule has 3 heterocycles. The van der Waals surface area contributed by atoms with Crippen molar-refractivity contribution in [3.05, 3.63) is 10.6 Å². The molecule has 1 unspecified atom stereocenters. The van der Waals surface area contributed by atoms with Crippen LogP contribution in [0.4, 0.5) is 0 Å². The van der Waals surface area contributed by atoms with Gasteiger partial charge in [0.15, 0.2) is 0 Å². The van der Waals surface area contributed by atoms with Gasteiger partial charge in [0.25, 0.3) is 0 Å². The number of nitrogens with two attached hydrogens (primary N) is 1. The number of β-lactam (4-membered cyclic amide) rings is 1. The number of thioether (sulfide) groups is 1. The number of carbonyl (C=O) groups is 2. The Bertz CT molecular complexity index is 594. The molecule has 1 amide bonds. The van der Waals surface area contributed by atoms with Gasteiger partial charge in [-0.05, 0) is 32.2 Å². The fraction of sp³-hybridized carbons (Fsp3) is 0.765. The van der Waals surface area contributed by atoms with E-state index < -0.39 is 18.0 Å². The second-order valence-corrected chi connectivity index (χ2v) is 8.88. The van der Waals surface area contributed by atoms with Crippen molar-refractivity contribution in [3.63, 3.8) is 0 Å². The van der Waals surface area contributed by atoms with E-state index in [4.69, 9.17) is 5.73 Å². The molecule has 25 heavy (non-hydrogen) atoms. The number of aliphatic hydroxyl groups excluding tert-OH is 1. The molecule has 8 heteroatoms. The number of aliphatic carboxylic acids is 1. The lowest BCUT2D eigenvalue weighted by Crippen LogP contribution is -2.61. The van der Waals surface area contributed by atoms with Gasteiger partial charge in [0.05, 0.1) is 18.1 Å². The molecule has 0 aliphatic carbocycles. The third-order valence-electron chi connectivity index (χ3n) is 5.47. The number of fused-ring (bicyclic) bond motifs is 1. The third kappa shape index (κ3) is 3.45. The van der Waals surface area contributed by atoms with Crippen molar-refractivity contribution >= 4 is 23.6 Å². The van der Waals surface area contributed by atoms with Gasteiger partial charge in [0.2, 0.25) is 5.91 Å². The summed E-state index contributed by atoms with van der Waals surface area (Å²) in [6, 6.07) is 0.207. The number of hydrogen-bond donors (Lipinski definition) is 4. The van der Waals surface area contributed by atoms with E-state index in [-0.39, 0.29) is 17.6 Å². The van der Waals surface area contributed by atoms with Crippen molar-refractivity contribution in [3.8, 4) is 0 Å². The van der Waals surface area contributed by atoms with Crippen molar-refractivity contribution < 1.29 is 19.8 Å². The number of nitrogens with zero attached hydrogens (tertiary/aromatic N) is 1. The number of rotatable bonds is 7. The topological polar surface area (TPSA) is 116 Å². The summed E-state index contributed by atoms with van der Waals surface area (Å²) in [4.78, 5) is 26.1. The molecule has 3 rings (SSSR count). The number of hydrogen-bond acceptors (Lipinski definition) is 6. The van der Waals surface area contributed by atoms with Crippen LogP contribution in [0.1, 0.15) is 33.1 Å². The van der Waals surface area contributed by atoms with Crippen LogP contribution in [-0.4, -0.2) is 63.5 Å². The Kier molecular flexibility index (Phi) is 5.43. The molecule has 0 radical (unpaired) electrons. The van der Waals surface area contributed by atoms with Crippen molar-refractivity contribution in [1.82, 2.24) is 10.2 Å². The summed E-state index contributed by atoms with van der Waals surface area (Å²) >= 11 is 1.58. The Morgan fingerprint density at radius 2 is 2.20 bits per heavy atom. The zero-order valence-corrected chi connectivity index (χ0v) is 15.5. The van der Waals surface area contributed by atoms with Gasteiger partial charge >= 0.3 is 5.97 Å². The van der Waals surface area contributed by atoms with E-state index in [1.54, 1.807) is 18.7 Å². The molecular weight excluding hydrogens is 342 g/mol. The lowest BCUT2D eigenvalue weighted by molar-refractivity contribution is -0.161. The summed E-state index contributed by atoms with van der Waals surface area (Å²) in [5, 5.41) is 23.2. The van der Waals surface area contributed by atoms with E-state index in [1.165, 1.54) is 4.90 Å². The molecule has 0 aromatic carbocycles. The summed E-state index contributed by atoms with van der Waals surface area (Å²) in [6.45, 7) is 5.23. The van der Waals surface area contributed by atoms with Gasteiger partial charge in [-0.1, -0.05) is 6.92 Å². The molecule has 140 valence electrons. The largest absolute Gasteiger partial charge is 0.477 e. The fourth-order valence-electron chi connectivity index (χ4n) is 4.17. The number of carboxylic acids is 1. The molecule has 0 aromatic rings. The number of amides is 1. The Morgan fingerprint density at radius 3 is 2.80 bits per heavy atom. The highest BCUT2D eigenvalue weighted by molar-refractivity contribution is 8.03. The highest BCUT2D eigenvalue weighted by Gasteiger charge is 2.57. The zero-order valence-electron chi connectivity index (χ0n) is 14.6. The minimum Gasteiger partial charge on any atom is -0.477 e. The van der Waals surface area contributed by atoms with Crippen molar-refractivity contribution in [2.45, 2.75) is 56.5 Å². The normalized spacial score (nSPS) is 34.1. The predicted octanol–water partition coefficient (Wildman–Crippen LogP) is 0.343. The average Bonchev–Trinajstić information content (AvgIpc) is 3.09. The minimum absolute atomic E-state index is 0.121. The van der Waals surface area contributed by atoms with Gasteiger partial charge in [0.1, 0.15) is 5.70 Å².